The minimum Gasteiger partial charge on any atom is -0.485 e. The van der Waals surface area contributed by atoms with Crippen LogP contribution in [-0.4, -0.2) is 23.6 Å². The molecule has 0 saturated carbocycles. The van der Waals surface area contributed by atoms with Crippen LogP contribution in [0.1, 0.15) is 17.0 Å². The van der Waals surface area contributed by atoms with Crippen molar-refractivity contribution >= 4 is 22.4 Å². The summed E-state index contributed by atoms with van der Waals surface area (Å²) in [6.07, 6.45) is 2.61. The molecule has 0 fully saturated rings. The molecule has 2 heterocycles. The number of carbonyl (C=O) groups is 1. The number of benzene rings is 1. The zero-order valence-corrected chi connectivity index (χ0v) is 12.1. The number of rotatable bonds is 2. The summed E-state index contributed by atoms with van der Waals surface area (Å²) in [6.45, 7) is 0.216. The number of thiazole rings is 1. The summed E-state index contributed by atoms with van der Waals surface area (Å²) >= 11 is 1.56. The number of ether oxygens (including phenoxy) is 2. The lowest BCUT2D eigenvalue weighted by Gasteiger charge is -2.25. The molecule has 1 amide bonds. The zero-order valence-electron chi connectivity index (χ0n) is 11.3. The Labute approximate surface area is 125 Å². The number of aromatic nitrogens is 1. The van der Waals surface area contributed by atoms with E-state index in [-0.39, 0.29) is 12.5 Å². The lowest BCUT2D eigenvalue weighted by atomic mass is 10.2. The minimum absolute atomic E-state index is 0.211. The van der Waals surface area contributed by atoms with Crippen LogP contribution in [0.2, 0.25) is 0 Å². The molecular weight excluding hydrogens is 288 g/mol. The standard InChI is InChI=1S/C15H14N2O3S/c18-14(17-15-16-9-4-3-7-13(9)21-15)12-8-19-10-5-1-2-6-11(10)20-12/h1-2,5-6,12H,3-4,7-8H2,(H,16,17,18). The third kappa shape index (κ3) is 2.35. The summed E-state index contributed by atoms with van der Waals surface area (Å²) in [5, 5.41) is 3.49. The van der Waals surface area contributed by atoms with Gasteiger partial charge in [-0.05, 0) is 31.4 Å². The summed E-state index contributed by atoms with van der Waals surface area (Å²) in [5.41, 5.74) is 1.13. The van der Waals surface area contributed by atoms with Crippen LogP contribution in [-0.2, 0) is 17.6 Å². The number of nitrogens with zero attached hydrogens (tertiary/aromatic N) is 1. The van der Waals surface area contributed by atoms with Crippen molar-refractivity contribution in [1.82, 2.24) is 4.98 Å². The molecule has 1 aliphatic carbocycles. The smallest absolute Gasteiger partial charge is 0.270 e. The van der Waals surface area contributed by atoms with Gasteiger partial charge in [0.25, 0.3) is 5.91 Å². The fourth-order valence-electron chi connectivity index (χ4n) is 2.58. The molecule has 1 aliphatic heterocycles. The van der Waals surface area contributed by atoms with Crippen molar-refractivity contribution in [3.05, 3.63) is 34.8 Å². The van der Waals surface area contributed by atoms with Gasteiger partial charge in [-0.1, -0.05) is 12.1 Å². The van der Waals surface area contributed by atoms with Crippen molar-refractivity contribution in [2.45, 2.75) is 25.4 Å². The van der Waals surface area contributed by atoms with Gasteiger partial charge in [0.05, 0.1) is 5.69 Å². The van der Waals surface area contributed by atoms with Gasteiger partial charge in [-0.3, -0.25) is 10.1 Å². The first-order valence-corrected chi connectivity index (χ1v) is 7.79. The van der Waals surface area contributed by atoms with E-state index in [1.54, 1.807) is 17.4 Å². The van der Waals surface area contributed by atoms with Crippen LogP contribution in [0.3, 0.4) is 0 Å². The molecule has 21 heavy (non-hydrogen) atoms. The topological polar surface area (TPSA) is 60.5 Å². The monoisotopic (exact) mass is 302 g/mol. The molecule has 5 nitrogen and oxygen atoms in total. The number of fused-ring (bicyclic) bond motifs is 2. The van der Waals surface area contributed by atoms with Crippen molar-refractivity contribution in [3.8, 4) is 11.5 Å². The van der Waals surface area contributed by atoms with E-state index in [1.807, 2.05) is 18.2 Å². The van der Waals surface area contributed by atoms with Crippen LogP contribution in [0.25, 0.3) is 0 Å². The van der Waals surface area contributed by atoms with Gasteiger partial charge in [0, 0.05) is 4.88 Å². The van der Waals surface area contributed by atoms with E-state index in [4.69, 9.17) is 9.47 Å². The highest BCUT2D eigenvalue weighted by Crippen LogP contribution is 2.32. The number of hydrogen-bond donors (Lipinski definition) is 1. The van der Waals surface area contributed by atoms with E-state index in [2.05, 4.69) is 10.3 Å². The fourth-order valence-corrected chi connectivity index (χ4v) is 3.63. The highest BCUT2D eigenvalue weighted by atomic mass is 32.1. The van der Waals surface area contributed by atoms with Crippen LogP contribution in [0.15, 0.2) is 24.3 Å². The molecule has 2 aromatic rings. The lowest BCUT2D eigenvalue weighted by Crippen LogP contribution is -2.40. The van der Waals surface area contributed by atoms with Gasteiger partial charge < -0.3 is 9.47 Å². The van der Waals surface area contributed by atoms with Crippen LogP contribution in [0.4, 0.5) is 5.13 Å². The van der Waals surface area contributed by atoms with E-state index >= 15 is 0 Å². The van der Waals surface area contributed by atoms with Gasteiger partial charge in [0.1, 0.15) is 6.61 Å². The maximum Gasteiger partial charge on any atom is 0.270 e. The first-order valence-electron chi connectivity index (χ1n) is 6.97. The largest absolute Gasteiger partial charge is 0.485 e. The van der Waals surface area contributed by atoms with Crippen molar-refractivity contribution in [2.24, 2.45) is 0 Å². The Bertz CT molecular complexity index is 676. The number of nitrogens with one attached hydrogen (secondary N) is 1. The summed E-state index contributed by atoms with van der Waals surface area (Å²) in [7, 11) is 0. The Kier molecular flexibility index (Phi) is 3.03. The van der Waals surface area contributed by atoms with E-state index in [9.17, 15) is 4.79 Å². The average Bonchev–Trinajstić information content (AvgIpc) is 3.08. The van der Waals surface area contributed by atoms with Crippen LogP contribution in [0.5, 0.6) is 11.5 Å². The third-order valence-electron chi connectivity index (χ3n) is 3.63. The Morgan fingerprint density at radius 3 is 3.00 bits per heavy atom. The number of para-hydroxylation sites is 2. The number of hydrogen-bond acceptors (Lipinski definition) is 5. The van der Waals surface area contributed by atoms with Crippen LogP contribution >= 0.6 is 11.3 Å². The molecule has 1 N–H and O–H groups in total. The molecule has 1 aromatic carbocycles. The van der Waals surface area contributed by atoms with Crippen LogP contribution in [0, 0.1) is 0 Å². The van der Waals surface area contributed by atoms with Gasteiger partial charge in [-0.2, -0.15) is 0 Å². The van der Waals surface area contributed by atoms with E-state index < -0.39 is 6.10 Å². The second kappa shape index (κ2) is 5.04. The van der Waals surface area contributed by atoms with E-state index in [0.29, 0.717) is 16.6 Å². The summed E-state index contributed by atoms with van der Waals surface area (Å²) < 4.78 is 11.2. The van der Waals surface area contributed by atoms with Gasteiger partial charge in [0.15, 0.2) is 16.6 Å². The second-order valence-electron chi connectivity index (χ2n) is 5.10. The quantitative estimate of drug-likeness (QED) is 0.925. The molecule has 4 rings (SSSR count). The normalized spacial score (nSPS) is 19.1. The molecule has 108 valence electrons. The average molecular weight is 302 g/mol. The van der Waals surface area contributed by atoms with Crippen molar-refractivity contribution in [1.29, 1.82) is 0 Å². The fraction of sp³-hybridized carbons (Fsp3) is 0.333. The first kappa shape index (κ1) is 12.6. The van der Waals surface area contributed by atoms with Gasteiger partial charge in [-0.15, -0.1) is 11.3 Å². The minimum atomic E-state index is -0.640. The molecular formula is C15H14N2O3S. The Hall–Kier alpha value is -2.08. The second-order valence-corrected chi connectivity index (χ2v) is 6.18. The third-order valence-corrected chi connectivity index (χ3v) is 4.70. The molecule has 6 heteroatoms. The lowest BCUT2D eigenvalue weighted by molar-refractivity contribution is -0.125. The van der Waals surface area contributed by atoms with Crippen molar-refractivity contribution in [3.63, 3.8) is 0 Å². The van der Waals surface area contributed by atoms with Gasteiger partial charge >= 0.3 is 0 Å². The Balaban J connectivity index is 1.46. The van der Waals surface area contributed by atoms with Crippen molar-refractivity contribution in [2.75, 3.05) is 11.9 Å². The number of carbonyl (C=O) groups excluding carboxylic acids is 1. The predicted octanol–water partition coefficient (Wildman–Crippen LogP) is 2.41. The molecule has 0 spiro atoms. The van der Waals surface area contributed by atoms with Gasteiger partial charge in [-0.25, -0.2) is 4.98 Å². The number of anilines is 1. The zero-order chi connectivity index (χ0) is 14.2. The maximum absolute atomic E-state index is 12.3. The Morgan fingerprint density at radius 1 is 1.29 bits per heavy atom. The molecule has 1 aromatic heterocycles. The number of amides is 1. The molecule has 0 saturated heterocycles. The summed E-state index contributed by atoms with van der Waals surface area (Å²) in [6, 6.07) is 7.36. The van der Waals surface area contributed by atoms with Crippen molar-refractivity contribution < 1.29 is 14.3 Å². The van der Waals surface area contributed by atoms with E-state index in [0.717, 1.165) is 18.5 Å². The maximum atomic E-state index is 12.3. The molecule has 2 aliphatic rings. The molecule has 1 unspecified atom stereocenters. The molecule has 1 atom stereocenters. The highest BCUT2D eigenvalue weighted by Gasteiger charge is 2.28. The first-order chi connectivity index (χ1) is 10.3. The van der Waals surface area contributed by atoms with Crippen LogP contribution < -0.4 is 14.8 Å². The Morgan fingerprint density at radius 2 is 2.14 bits per heavy atom. The summed E-state index contributed by atoms with van der Waals surface area (Å²) in [4.78, 5) is 18.0. The molecule has 0 bridgehead atoms. The molecule has 0 radical (unpaired) electrons. The predicted molar refractivity (Wildman–Crippen MR) is 79.1 cm³/mol. The van der Waals surface area contributed by atoms with Gasteiger partial charge in [0.2, 0.25) is 6.10 Å². The highest BCUT2D eigenvalue weighted by molar-refractivity contribution is 7.15. The number of aryl methyl sites for hydroxylation is 2. The summed E-state index contributed by atoms with van der Waals surface area (Å²) in [5.74, 6) is 1.07. The van der Waals surface area contributed by atoms with E-state index in [1.165, 1.54) is 11.3 Å². The SMILES string of the molecule is O=C(Nc1nc2c(s1)CCC2)C1COc2ccccc2O1.